The molecule has 2 aliphatic heterocycles. The van der Waals surface area contributed by atoms with Crippen LogP contribution in [-0.4, -0.2) is 129 Å². The van der Waals surface area contributed by atoms with E-state index < -0.39 is 11.2 Å². The summed E-state index contributed by atoms with van der Waals surface area (Å²) in [6.45, 7) is 25.3. The third-order valence-corrected chi connectivity index (χ3v) is 14.0. The van der Waals surface area contributed by atoms with E-state index in [4.69, 9.17) is 9.97 Å². The van der Waals surface area contributed by atoms with Gasteiger partial charge < -0.3 is 44.0 Å². The quantitative estimate of drug-likeness (QED) is 0.0734. The fraction of sp³-hybridized carbons (Fsp3) is 0.375. The second-order valence-corrected chi connectivity index (χ2v) is 18.4. The molecule has 8 aromatic rings. The summed E-state index contributed by atoms with van der Waals surface area (Å²) in [5.74, 6) is 1.81. The van der Waals surface area contributed by atoms with Gasteiger partial charge in [-0.15, -0.1) is 0 Å². The van der Waals surface area contributed by atoms with Gasteiger partial charge in [-0.25, -0.2) is 19.6 Å². The minimum atomic E-state index is -0.639. The highest BCUT2D eigenvalue weighted by molar-refractivity contribution is 5.92. The van der Waals surface area contributed by atoms with Crippen molar-refractivity contribution in [1.82, 2.24) is 49.3 Å². The van der Waals surface area contributed by atoms with Gasteiger partial charge in [0.05, 0.1) is 28.0 Å². The summed E-state index contributed by atoms with van der Waals surface area (Å²) >= 11 is 0. The molecular formula is C56H70N14O5. The molecule has 2 aliphatic rings. The first-order valence-electron chi connectivity index (χ1n) is 26.2. The van der Waals surface area contributed by atoms with Crippen molar-refractivity contribution in [1.29, 1.82) is 0 Å². The highest BCUT2D eigenvalue weighted by Crippen LogP contribution is 2.32. The van der Waals surface area contributed by atoms with Gasteiger partial charge in [-0.1, -0.05) is 12.1 Å². The van der Waals surface area contributed by atoms with E-state index in [2.05, 4.69) is 157 Å². The molecule has 0 saturated carbocycles. The molecule has 0 radical (unpaired) electrons. The molecule has 4 aromatic carbocycles. The van der Waals surface area contributed by atoms with Gasteiger partial charge in [0.2, 0.25) is 0 Å². The fourth-order valence-corrected chi connectivity index (χ4v) is 9.70. The number of hydrogen-bond acceptors (Lipinski definition) is 13. The summed E-state index contributed by atoms with van der Waals surface area (Å²) < 4.78 is 2.80. The number of imidazole rings is 2. The Morgan fingerprint density at radius 1 is 0.533 bits per heavy atom. The zero-order chi connectivity index (χ0) is 53.0. The van der Waals surface area contributed by atoms with Crippen molar-refractivity contribution in [3.8, 4) is 22.8 Å². The van der Waals surface area contributed by atoms with Crippen LogP contribution >= 0.6 is 0 Å². The van der Waals surface area contributed by atoms with Gasteiger partial charge in [0.1, 0.15) is 22.7 Å². The van der Waals surface area contributed by atoms with Crippen LogP contribution in [0.15, 0.2) is 117 Å². The van der Waals surface area contributed by atoms with Crippen LogP contribution in [0.5, 0.6) is 0 Å². The lowest BCUT2D eigenvalue weighted by Gasteiger charge is -2.36. The lowest BCUT2D eigenvalue weighted by molar-refractivity contribution is 0.112. The second kappa shape index (κ2) is 24.8. The van der Waals surface area contributed by atoms with Crippen LogP contribution in [0.25, 0.3) is 44.8 Å². The maximum absolute atomic E-state index is 12.3. The number of H-pyrrole nitrogens is 4. The van der Waals surface area contributed by atoms with E-state index in [1.54, 1.807) is 17.7 Å². The molecule has 19 nitrogen and oxygen atoms in total. The van der Waals surface area contributed by atoms with Crippen LogP contribution < -0.4 is 47.4 Å². The summed E-state index contributed by atoms with van der Waals surface area (Å²) in [7, 11) is 0. The SMILES string of the molecule is CCN(CC)c1ccc(-c2nc3c(N4CCN(Cc5cn(CC)c(=O)[nH]c5=O)CC4)cccc3[nH]2)cc1.CCN(CC)c1ccc(-c2nc3c(N4CCNCC4)cccc3[nH]2)cc1.CCn1cc(C=O)c(=O)[nH]c1=O. The van der Waals surface area contributed by atoms with Crippen molar-refractivity contribution in [2.45, 2.75) is 61.2 Å². The number of fused-ring (bicyclic) bond motifs is 2. The Kier molecular flexibility index (Phi) is 17.6. The lowest BCUT2D eigenvalue weighted by Crippen LogP contribution is -2.47. The molecule has 4 aromatic heterocycles. The Bertz CT molecular complexity index is 3400. The molecule has 19 heteroatoms. The van der Waals surface area contributed by atoms with E-state index in [-0.39, 0.29) is 16.8 Å². The predicted molar refractivity (Wildman–Crippen MR) is 302 cm³/mol. The molecule has 0 spiro atoms. The van der Waals surface area contributed by atoms with Gasteiger partial charge >= 0.3 is 11.4 Å². The first-order chi connectivity index (χ1) is 36.5. The van der Waals surface area contributed by atoms with E-state index >= 15 is 0 Å². The normalized spacial score (nSPS) is 13.8. The Hall–Kier alpha value is -8.03. The molecule has 6 heterocycles. The minimum absolute atomic E-state index is 0.0311. The summed E-state index contributed by atoms with van der Waals surface area (Å²) in [5, 5.41) is 3.41. The lowest BCUT2D eigenvalue weighted by atomic mass is 10.2. The van der Waals surface area contributed by atoms with Crippen LogP contribution in [0.1, 0.15) is 57.5 Å². The highest BCUT2D eigenvalue weighted by Gasteiger charge is 2.22. The average Bonchev–Trinajstić information content (AvgIpc) is 4.10. The number of carbonyl (C=O) groups excluding carboxylic acids is 1. The maximum atomic E-state index is 12.3. The summed E-state index contributed by atoms with van der Waals surface area (Å²) in [5.41, 5.74) is 10.0. The van der Waals surface area contributed by atoms with Gasteiger partial charge in [-0.2, -0.15) is 0 Å². The first-order valence-corrected chi connectivity index (χ1v) is 26.2. The Morgan fingerprint density at radius 3 is 1.44 bits per heavy atom. The Balaban J connectivity index is 0.000000170. The summed E-state index contributed by atoms with van der Waals surface area (Å²) in [6, 6.07) is 30.0. The molecule has 394 valence electrons. The van der Waals surface area contributed by atoms with E-state index in [0.717, 1.165) is 129 Å². The number of carbonyl (C=O) groups is 1. The Morgan fingerprint density at radius 2 is 0.987 bits per heavy atom. The van der Waals surface area contributed by atoms with Crippen LogP contribution in [0.4, 0.5) is 22.7 Å². The smallest absolute Gasteiger partial charge is 0.328 e. The number of anilines is 4. The van der Waals surface area contributed by atoms with Crippen molar-refractivity contribution in [3.63, 3.8) is 0 Å². The second-order valence-electron chi connectivity index (χ2n) is 18.4. The summed E-state index contributed by atoms with van der Waals surface area (Å²) in [6.07, 6.45) is 3.35. The van der Waals surface area contributed by atoms with Gasteiger partial charge in [0.15, 0.2) is 6.29 Å². The predicted octanol–water partition coefficient (Wildman–Crippen LogP) is 6.12. The van der Waals surface area contributed by atoms with Gasteiger partial charge in [-0.05, 0) is 114 Å². The number of aldehydes is 1. The molecule has 0 amide bonds. The number of rotatable bonds is 15. The van der Waals surface area contributed by atoms with Crippen molar-refractivity contribution in [3.05, 3.63) is 150 Å². The number of piperazine rings is 2. The van der Waals surface area contributed by atoms with Gasteiger partial charge in [0, 0.05) is 139 Å². The third-order valence-electron chi connectivity index (χ3n) is 14.0. The Labute approximate surface area is 435 Å². The number of aromatic amines is 4. The van der Waals surface area contributed by atoms with E-state index in [0.29, 0.717) is 31.5 Å². The highest BCUT2D eigenvalue weighted by atomic mass is 16.2. The third kappa shape index (κ3) is 12.3. The van der Waals surface area contributed by atoms with Crippen LogP contribution in [0.2, 0.25) is 0 Å². The van der Waals surface area contributed by atoms with Crippen molar-refractivity contribution in [2.75, 3.05) is 98.1 Å². The van der Waals surface area contributed by atoms with Crippen LogP contribution in [0.3, 0.4) is 0 Å². The standard InChI is InChI=1S/C28H35N7O2.C21H27N5.C7H8N2O3/c1-4-33(5-2)22-12-10-20(11-13-22)26-29-23-8-7-9-24(25(23)30-26)35-16-14-32(15-17-35)18-21-19-34(6-3)28(37)31-27(21)36;1-3-25(4-2)17-10-8-16(9-11-17)21-23-18-6-5-7-19(20(18)24-21)26-14-12-22-13-15-26;1-2-9-3-5(4-10)6(11)8-7(9)12/h7-13,19H,4-6,14-18H2,1-3H3,(H,29,30)(H,31,36,37);5-11,22H,3-4,12-15H2,1-2H3,(H,23,24);3-4H,2H2,1H3,(H,8,11,12). The molecular weight excluding hydrogens is 949 g/mol. The fourth-order valence-electron chi connectivity index (χ4n) is 9.70. The molecule has 0 atom stereocenters. The monoisotopic (exact) mass is 1020 g/mol. The molecule has 5 N–H and O–H groups in total. The number of aryl methyl sites for hydroxylation is 2. The minimum Gasteiger partial charge on any atom is -0.372 e. The van der Waals surface area contributed by atoms with Crippen molar-refractivity contribution in [2.24, 2.45) is 0 Å². The average molecular weight is 1020 g/mol. The molecule has 75 heavy (non-hydrogen) atoms. The van der Waals surface area contributed by atoms with Crippen molar-refractivity contribution >= 4 is 51.1 Å². The summed E-state index contributed by atoms with van der Waals surface area (Å²) in [4.78, 5) is 89.3. The molecule has 2 saturated heterocycles. The number of nitrogens with one attached hydrogen (secondary N) is 5. The largest absolute Gasteiger partial charge is 0.372 e. The maximum Gasteiger partial charge on any atom is 0.328 e. The molecule has 0 aliphatic carbocycles. The number of aromatic nitrogens is 8. The number of para-hydroxylation sites is 2. The van der Waals surface area contributed by atoms with Crippen LogP contribution in [-0.2, 0) is 19.6 Å². The zero-order valence-electron chi connectivity index (χ0n) is 44.0. The number of benzene rings is 4. The van der Waals surface area contributed by atoms with Crippen LogP contribution in [0, 0.1) is 0 Å². The van der Waals surface area contributed by atoms with E-state index in [1.165, 1.54) is 27.8 Å². The zero-order valence-corrected chi connectivity index (χ0v) is 44.0. The molecule has 10 rings (SSSR count). The van der Waals surface area contributed by atoms with E-state index in [9.17, 15) is 24.0 Å². The molecule has 0 bridgehead atoms. The van der Waals surface area contributed by atoms with Crippen molar-refractivity contribution < 1.29 is 4.79 Å². The number of hydrogen-bond donors (Lipinski definition) is 5. The molecule has 2 fully saturated rings. The van der Waals surface area contributed by atoms with Gasteiger partial charge in [-0.3, -0.25) is 29.3 Å². The topological polar surface area (TPSA) is 212 Å². The number of nitrogens with zero attached hydrogens (tertiary/aromatic N) is 9. The van der Waals surface area contributed by atoms with E-state index in [1.807, 2.05) is 11.9 Å². The first kappa shape index (κ1) is 53.3. The molecule has 0 unspecified atom stereocenters. The van der Waals surface area contributed by atoms with Gasteiger partial charge in [0.25, 0.3) is 11.1 Å².